The second kappa shape index (κ2) is 4.45. The first-order valence-corrected chi connectivity index (χ1v) is 4.20. The zero-order valence-corrected chi connectivity index (χ0v) is 7.66. The van der Waals surface area contributed by atoms with Gasteiger partial charge in [-0.25, -0.2) is 0 Å². The fourth-order valence-corrected chi connectivity index (χ4v) is 1.04. The number of aryl methyl sites for hydroxylation is 1. The highest BCUT2D eigenvalue weighted by molar-refractivity contribution is 5.85. The van der Waals surface area contributed by atoms with E-state index in [-0.39, 0.29) is 0 Å². The molecular weight excluding hydrogens is 162 g/mol. The maximum Gasteiger partial charge on any atom is 0.241 e. The van der Waals surface area contributed by atoms with Crippen molar-refractivity contribution in [3.8, 4) is 0 Å². The topological polar surface area (TPSA) is 43.1 Å². The molecule has 0 unspecified atom stereocenters. The van der Waals surface area contributed by atoms with E-state index >= 15 is 0 Å². The molecule has 0 aromatic heterocycles. The average molecular weight is 175 g/mol. The molecule has 0 fully saturated rings. The van der Waals surface area contributed by atoms with E-state index in [1.807, 2.05) is 31.2 Å². The Morgan fingerprint density at radius 2 is 2.00 bits per heavy atom. The Morgan fingerprint density at radius 3 is 2.54 bits per heavy atom. The van der Waals surface area contributed by atoms with Gasteiger partial charge < -0.3 is 5.73 Å². The van der Waals surface area contributed by atoms with E-state index < -0.39 is 5.91 Å². The first-order valence-electron chi connectivity index (χ1n) is 4.20. The SMILES string of the molecule is Cc1ccc(C/C=C/C(N)=O)cc1. The summed E-state index contributed by atoms with van der Waals surface area (Å²) in [6.07, 6.45) is 3.91. The standard InChI is InChI=1S/C11H13NO/c1-9-5-7-10(8-6-9)3-2-4-11(12)13/h2,4-8H,3H2,1H3,(H2,12,13)/b4-2+. The zero-order valence-electron chi connectivity index (χ0n) is 7.66. The summed E-state index contributed by atoms with van der Waals surface area (Å²) in [4.78, 5) is 10.4. The summed E-state index contributed by atoms with van der Waals surface area (Å²) in [6.45, 7) is 2.04. The van der Waals surface area contributed by atoms with Crippen molar-refractivity contribution >= 4 is 5.91 Å². The Labute approximate surface area is 78.1 Å². The van der Waals surface area contributed by atoms with E-state index in [2.05, 4.69) is 0 Å². The summed E-state index contributed by atoms with van der Waals surface area (Å²) < 4.78 is 0. The Kier molecular flexibility index (Phi) is 3.26. The van der Waals surface area contributed by atoms with Gasteiger partial charge in [0.05, 0.1) is 0 Å². The smallest absolute Gasteiger partial charge is 0.241 e. The van der Waals surface area contributed by atoms with Gasteiger partial charge in [0.1, 0.15) is 0 Å². The van der Waals surface area contributed by atoms with Gasteiger partial charge in [0.2, 0.25) is 5.91 Å². The zero-order chi connectivity index (χ0) is 9.68. The molecule has 1 aromatic rings. The maximum atomic E-state index is 10.4. The predicted octanol–water partition coefficient (Wildman–Crippen LogP) is 1.58. The minimum Gasteiger partial charge on any atom is -0.366 e. The van der Waals surface area contributed by atoms with Crippen LogP contribution in [0.25, 0.3) is 0 Å². The van der Waals surface area contributed by atoms with Crippen molar-refractivity contribution in [3.63, 3.8) is 0 Å². The van der Waals surface area contributed by atoms with E-state index in [4.69, 9.17) is 5.73 Å². The summed E-state index contributed by atoms with van der Waals surface area (Å²) in [5.41, 5.74) is 7.38. The van der Waals surface area contributed by atoms with Gasteiger partial charge in [-0.05, 0) is 25.0 Å². The molecule has 0 aliphatic heterocycles. The Hall–Kier alpha value is -1.57. The molecule has 0 atom stereocenters. The van der Waals surface area contributed by atoms with Crippen LogP contribution in [0.4, 0.5) is 0 Å². The van der Waals surface area contributed by atoms with E-state index in [0.29, 0.717) is 0 Å². The Balaban J connectivity index is 2.55. The molecule has 68 valence electrons. The number of carbonyl (C=O) groups excluding carboxylic acids is 1. The van der Waals surface area contributed by atoms with E-state index in [1.54, 1.807) is 6.08 Å². The van der Waals surface area contributed by atoms with Crippen molar-refractivity contribution in [2.75, 3.05) is 0 Å². The summed E-state index contributed by atoms with van der Waals surface area (Å²) in [5.74, 6) is -0.396. The second-order valence-corrected chi connectivity index (χ2v) is 2.99. The van der Waals surface area contributed by atoms with Crippen molar-refractivity contribution in [1.29, 1.82) is 0 Å². The number of hydrogen-bond acceptors (Lipinski definition) is 1. The molecular formula is C11H13NO. The molecule has 0 radical (unpaired) electrons. The van der Waals surface area contributed by atoms with Crippen LogP contribution in [0.5, 0.6) is 0 Å². The normalized spacial score (nSPS) is 10.5. The van der Waals surface area contributed by atoms with Crippen LogP contribution in [0.2, 0.25) is 0 Å². The molecule has 2 N–H and O–H groups in total. The molecule has 0 bridgehead atoms. The number of benzene rings is 1. The number of nitrogens with two attached hydrogens (primary N) is 1. The van der Waals surface area contributed by atoms with Crippen LogP contribution < -0.4 is 5.73 Å². The number of primary amides is 1. The molecule has 2 heteroatoms. The predicted molar refractivity (Wildman–Crippen MR) is 53.2 cm³/mol. The first-order chi connectivity index (χ1) is 6.18. The molecule has 0 saturated carbocycles. The largest absolute Gasteiger partial charge is 0.366 e. The monoisotopic (exact) mass is 175 g/mol. The van der Waals surface area contributed by atoms with Crippen LogP contribution >= 0.6 is 0 Å². The quantitative estimate of drug-likeness (QED) is 0.696. The molecule has 1 rings (SSSR count). The van der Waals surface area contributed by atoms with Crippen LogP contribution in [0, 0.1) is 6.92 Å². The summed E-state index contributed by atoms with van der Waals surface area (Å²) in [5, 5.41) is 0. The van der Waals surface area contributed by atoms with Gasteiger partial charge >= 0.3 is 0 Å². The lowest BCUT2D eigenvalue weighted by atomic mass is 10.1. The van der Waals surface area contributed by atoms with Crippen LogP contribution in [0.3, 0.4) is 0 Å². The van der Waals surface area contributed by atoms with Gasteiger partial charge in [-0.1, -0.05) is 35.9 Å². The summed E-state index contributed by atoms with van der Waals surface area (Å²) >= 11 is 0. The highest BCUT2D eigenvalue weighted by Crippen LogP contribution is 2.03. The van der Waals surface area contributed by atoms with Gasteiger partial charge in [0.25, 0.3) is 0 Å². The van der Waals surface area contributed by atoms with Crippen LogP contribution in [0.15, 0.2) is 36.4 Å². The fourth-order valence-electron chi connectivity index (χ4n) is 1.04. The van der Waals surface area contributed by atoms with Gasteiger partial charge in [-0.15, -0.1) is 0 Å². The van der Waals surface area contributed by atoms with E-state index in [1.165, 1.54) is 17.2 Å². The third-order valence-electron chi connectivity index (χ3n) is 1.76. The molecule has 0 heterocycles. The Morgan fingerprint density at radius 1 is 1.38 bits per heavy atom. The lowest BCUT2D eigenvalue weighted by molar-refractivity contribution is -0.113. The van der Waals surface area contributed by atoms with Crippen LogP contribution in [-0.2, 0) is 11.2 Å². The molecule has 0 aliphatic rings. The molecule has 1 aromatic carbocycles. The van der Waals surface area contributed by atoms with Crippen molar-refractivity contribution in [3.05, 3.63) is 47.5 Å². The molecule has 13 heavy (non-hydrogen) atoms. The molecule has 0 spiro atoms. The molecule has 1 amide bonds. The highest BCUT2D eigenvalue weighted by Gasteiger charge is 1.89. The van der Waals surface area contributed by atoms with Crippen molar-refractivity contribution in [1.82, 2.24) is 0 Å². The number of allylic oxidation sites excluding steroid dienone is 1. The summed E-state index contributed by atoms with van der Waals surface area (Å²) in [7, 11) is 0. The lowest BCUT2D eigenvalue weighted by Gasteiger charge is -1.96. The van der Waals surface area contributed by atoms with Gasteiger partial charge in [0, 0.05) is 0 Å². The minimum absolute atomic E-state index is 0.396. The molecule has 2 nitrogen and oxygen atoms in total. The van der Waals surface area contributed by atoms with Crippen LogP contribution in [-0.4, -0.2) is 5.91 Å². The van der Waals surface area contributed by atoms with Crippen LogP contribution in [0.1, 0.15) is 11.1 Å². The van der Waals surface area contributed by atoms with E-state index in [9.17, 15) is 4.79 Å². The van der Waals surface area contributed by atoms with Crippen molar-refractivity contribution in [2.24, 2.45) is 5.73 Å². The van der Waals surface area contributed by atoms with Crippen molar-refractivity contribution < 1.29 is 4.79 Å². The van der Waals surface area contributed by atoms with Gasteiger partial charge in [-0.2, -0.15) is 0 Å². The number of amides is 1. The maximum absolute atomic E-state index is 10.4. The molecule has 0 saturated heterocycles. The second-order valence-electron chi connectivity index (χ2n) is 2.99. The fraction of sp³-hybridized carbons (Fsp3) is 0.182. The van der Waals surface area contributed by atoms with Gasteiger partial charge in [-0.3, -0.25) is 4.79 Å². The third kappa shape index (κ3) is 3.56. The average Bonchev–Trinajstić information content (AvgIpc) is 2.08. The highest BCUT2D eigenvalue weighted by atomic mass is 16.1. The first kappa shape index (κ1) is 9.52. The van der Waals surface area contributed by atoms with E-state index in [0.717, 1.165) is 6.42 Å². The number of carbonyl (C=O) groups is 1. The Bertz CT molecular complexity index is 311. The van der Waals surface area contributed by atoms with Gasteiger partial charge in [0.15, 0.2) is 0 Å². The van der Waals surface area contributed by atoms with Crippen molar-refractivity contribution in [2.45, 2.75) is 13.3 Å². The summed E-state index contributed by atoms with van der Waals surface area (Å²) in [6, 6.07) is 8.18. The lowest BCUT2D eigenvalue weighted by Crippen LogP contribution is -2.05. The molecule has 0 aliphatic carbocycles. The number of hydrogen-bond donors (Lipinski definition) is 1. The third-order valence-corrected chi connectivity index (χ3v) is 1.76. The minimum atomic E-state index is -0.396. The number of rotatable bonds is 3.